The Morgan fingerprint density at radius 3 is 1.71 bits per heavy atom. The van der Waals surface area contributed by atoms with Gasteiger partial charge in [0.25, 0.3) is 0 Å². The largest absolute Gasteiger partial charge is 0.496 e. The fourth-order valence-corrected chi connectivity index (χ4v) is 2.25. The highest BCUT2D eigenvalue weighted by molar-refractivity contribution is 5.52. The second kappa shape index (κ2) is 6.45. The van der Waals surface area contributed by atoms with Crippen LogP contribution >= 0.6 is 0 Å². The number of aliphatic hydroxyl groups is 1. The minimum absolute atomic E-state index is 0.0443. The standard InChI is InChI=1S/C16H17FO4/c1-19-11-7-4-6-10(17)14(11)16(18)15-12(20-2)8-5-9-13(15)21-3/h4-9,16,18H,1-3H3. The summed E-state index contributed by atoms with van der Waals surface area (Å²) < 4.78 is 29.7. The highest BCUT2D eigenvalue weighted by Gasteiger charge is 2.26. The predicted molar refractivity (Wildman–Crippen MR) is 76.6 cm³/mol. The van der Waals surface area contributed by atoms with Gasteiger partial charge >= 0.3 is 0 Å². The first-order chi connectivity index (χ1) is 10.1. The fraction of sp³-hybridized carbons (Fsp3) is 0.250. The van der Waals surface area contributed by atoms with E-state index in [1.54, 1.807) is 24.3 Å². The zero-order chi connectivity index (χ0) is 15.4. The van der Waals surface area contributed by atoms with Gasteiger partial charge in [0.2, 0.25) is 0 Å². The van der Waals surface area contributed by atoms with Crippen LogP contribution < -0.4 is 14.2 Å². The van der Waals surface area contributed by atoms with E-state index in [0.717, 1.165) is 0 Å². The van der Waals surface area contributed by atoms with Crippen molar-refractivity contribution in [2.45, 2.75) is 6.10 Å². The van der Waals surface area contributed by atoms with E-state index in [-0.39, 0.29) is 11.3 Å². The van der Waals surface area contributed by atoms with Crippen LogP contribution in [0.25, 0.3) is 0 Å². The van der Waals surface area contributed by atoms with Crippen molar-refractivity contribution in [3.8, 4) is 17.2 Å². The molecule has 0 bridgehead atoms. The van der Waals surface area contributed by atoms with Crippen LogP contribution in [0.5, 0.6) is 17.2 Å². The van der Waals surface area contributed by atoms with Crippen LogP contribution in [0, 0.1) is 5.82 Å². The Kier molecular flexibility index (Phi) is 4.65. The molecular weight excluding hydrogens is 275 g/mol. The summed E-state index contributed by atoms with van der Waals surface area (Å²) in [6, 6.07) is 9.45. The van der Waals surface area contributed by atoms with Crippen molar-refractivity contribution in [2.24, 2.45) is 0 Å². The van der Waals surface area contributed by atoms with Crippen LogP contribution in [0.15, 0.2) is 36.4 Å². The smallest absolute Gasteiger partial charge is 0.133 e. The molecule has 1 unspecified atom stereocenters. The number of hydrogen-bond acceptors (Lipinski definition) is 4. The number of halogens is 1. The van der Waals surface area contributed by atoms with Gasteiger partial charge in [0, 0.05) is 0 Å². The number of benzene rings is 2. The zero-order valence-corrected chi connectivity index (χ0v) is 12.1. The third-order valence-corrected chi connectivity index (χ3v) is 3.25. The van der Waals surface area contributed by atoms with Crippen molar-refractivity contribution < 1.29 is 23.7 Å². The van der Waals surface area contributed by atoms with Crippen molar-refractivity contribution in [1.82, 2.24) is 0 Å². The van der Waals surface area contributed by atoms with E-state index in [4.69, 9.17) is 14.2 Å². The Labute approximate surface area is 122 Å². The van der Waals surface area contributed by atoms with Crippen LogP contribution in [-0.2, 0) is 0 Å². The average molecular weight is 292 g/mol. The molecule has 0 fully saturated rings. The lowest BCUT2D eigenvalue weighted by molar-refractivity contribution is 0.198. The molecule has 2 aromatic carbocycles. The van der Waals surface area contributed by atoms with Gasteiger partial charge in [-0.2, -0.15) is 0 Å². The molecule has 0 aliphatic heterocycles. The van der Waals surface area contributed by atoms with Crippen LogP contribution in [0.4, 0.5) is 4.39 Å². The average Bonchev–Trinajstić information content (AvgIpc) is 2.52. The molecule has 21 heavy (non-hydrogen) atoms. The summed E-state index contributed by atoms with van der Waals surface area (Å²) in [5.41, 5.74) is 0.397. The van der Waals surface area contributed by atoms with Crippen molar-refractivity contribution in [3.63, 3.8) is 0 Å². The summed E-state index contributed by atoms with van der Waals surface area (Å²) in [7, 11) is 4.37. The summed E-state index contributed by atoms with van der Waals surface area (Å²) in [5.74, 6) is 0.518. The van der Waals surface area contributed by atoms with Gasteiger partial charge in [0.1, 0.15) is 29.2 Å². The maximum absolute atomic E-state index is 14.1. The van der Waals surface area contributed by atoms with Crippen molar-refractivity contribution in [2.75, 3.05) is 21.3 Å². The summed E-state index contributed by atoms with van der Waals surface area (Å²) >= 11 is 0. The van der Waals surface area contributed by atoms with Gasteiger partial charge in [-0.3, -0.25) is 0 Å². The number of aliphatic hydroxyl groups excluding tert-OH is 1. The minimum Gasteiger partial charge on any atom is -0.496 e. The van der Waals surface area contributed by atoms with Gasteiger partial charge in [-0.15, -0.1) is 0 Å². The van der Waals surface area contributed by atoms with Gasteiger partial charge in [-0.1, -0.05) is 12.1 Å². The molecule has 0 spiro atoms. The van der Waals surface area contributed by atoms with Crippen LogP contribution in [0.1, 0.15) is 17.2 Å². The van der Waals surface area contributed by atoms with E-state index in [9.17, 15) is 9.50 Å². The van der Waals surface area contributed by atoms with E-state index in [1.807, 2.05) is 0 Å². The van der Waals surface area contributed by atoms with E-state index in [0.29, 0.717) is 17.1 Å². The molecule has 0 heterocycles. The first kappa shape index (κ1) is 15.1. The molecular formula is C16H17FO4. The van der Waals surface area contributed by atoms with Gasteiger partial charge < -0.3 is 19.3 Å². The normalized spacial score (nSPS) is 11.9. The highest BCUT2D eigenvalue weighted by Crippen LogP contribution is 2.40. The maximum Gasteiger partial charge on any atom is 0.133 e. The lowest BCUT2D eigenvalue weighted by Gasteiger charge is -2.20. The van der Waals surface area contributed by atoms with E-state index in [2.05, 4.69) is 0 Å². The third-order valence-electron chi connectivity index (χ3n) is 3.25. The van der Waals surface area contributed by atoms with Crippen molar-refractivity contribution >= 4 is 0 Å². The molecule has 0 saturated carbocycles. The SMILES string of the molecule is COc1cccc(F)c1C(O)c1c(OC)cccc1OC. The summed E-state index contributed by atoms with van der Waals surface area (Å²) in [4.78, 5) is 0. The van der Waals surface area contributed by atoms with Gasteiger partial charge in [-0.25, -0.2) is 4.39 Å². The molecule has 0 aromatic heterocycles. The predicted octanol–water partition coefficient (Wildman–Crippen LogP) is 2.93. The summed E-state index contributed by atoms with van der Waals surface area (Å²) in [5, 5.41) is 10.6. The molecule has 2 rings (SSSR count). The lowest BCUT2D eigenvalue weighted by atomic mass is 9.98. The van der Waals surface area contributed by atoms with E-state index < -0.39 is 11.9 Å². The minimum atomic E-state index is -1.27. The Balaban J connectivity index is 2.62. The summed E-state index contributed by atoms with van der Waals surface area (Å²) in [6.07, 6.45) is -1.27. The first-order valence-electron chi connectivity index (χ1n) is 6.35. The molecule has 0 radical (unpaired) electrons. The Morgan fingerprint density at radius 1 is 0.810 bits per heavy atom. The molecule has 0 amide bonds. The monoisotopic (exact) mass is 292 g/mol. The molecule has 0 aliphatic carbocycles. The Bertz CT molecular complexity index is 605. The van der Waals surface area contributed by atoms with Gasteiger partial charge in [0.05, 0.1) is 32.5 Å². The Morgan fingerprint density at radius 2 is 1.24 bits per heavy atom. The fourth-order valence-electron chi connectivity index (χ4n) is 2.25. The zero-order valence-electron chi connectivity index (χ0n) is 12.1. The van der Waals surface area contributed by atoms with E-state index >= 15 is 0 Å². The van der Waals surface area contributed by atoms with Gasteiger partial charge in [-0.05, 0) is 24.3 Å². The molecule has 4 nitrogen and oxygen atoms in total. The molecule has 2 aromatic rings. The third kappa shape index (κ3) is 2.78. The quantitative estimate of drug-likeness (QED) is 0.920. The summed E-state index contributed by atoms with van der Waals surface area (Å²) in [6.45, 7) is 0. The van der Waals surface area contributed by atoms with Crippen LogP contribution in [-0.4, -0.2) is 26.4 Å². The molecule has 1 atom stereocenters. The van der Waals surface area contributed by atoms with Crippen molar-refractivity contribution in [1.29, 1.82) is 0 Å². The maximum atomic E-state index is 14.1. The first-order valence-corrected chi connectivity index (χ1v) is 6.35. The second-order valence-electron chi connectivity index (χ2n) is 4.33. The number of ether oxygens (including phenoxy) is 3. The topological polar surface area (TPSA) is 47.9 Å². The molecule has 0 saturated heterocycles. The second-order valence-corrected chi connectivity index (χ2v) is 4.33. The van der Waals surface area contributed by atoms with Gasteiger partial charge in [0.15, 0.2) is 0 Å². The lowest BCUT2D eigenvalue weighted by Crippen LogP contribution is -2.08. The number of hydrogen-bond donors (Lipinski definition) is 1. The molecule has 0 aliphatic rings. The molecule has 5 heteroatoms. The number of methoxy groups -OCH3 is 3. The van der Waals surface area contributed by atoms with Crippen LogP contribution in [0.3, 0.4) is 0 Å². The van der Waals surface area contributed by atoms with Crippen LogP contribution in [0.2, 0.25) is 0 Å². The molecule has 112 valence electrons. The highest BCUT2D eigenvalue weighted by atomic mass is 19.1. The Hall–Kier alpha value is -2.27. The number of rotatable bonds is 5. The molecule has 1 N–H and O–H groups in total. The van der Waals surface area contributed by atoms with Crippen molar-refractivity contribution in [3.05, 3.63) is 53.3 Å². The van der Waals surface area contributed by atoms with E-state index in [1.165, 1.54) is 33.5 Å².